The topological polar surface area (TPSA) is 69.7 Å². The van der Waals surface area contributed by atoms with Crippen LogP contribution in [0.15, 0.2) is 11.6 Å². The SMILES string of the molecule is CC(C)CC(=O)OCCCCC(=O)O[C@H]1CCC2[C@@H]3CCC4=CC(=O)CC[C@]4(C)C3CC[C@@]21C. The van der Waals surface area contributed by atoms with Gasteiger partial charge < -0.3 is 9.47 Å². The zero-order valence-electron chi connectivity index (χ0n) is 21.7. The van der Waals surface area contributed by atoms with E-state index >= 15 is 0 Å². The number of carbonyl (C=O) groups excluding carboxylic acids is 3. The van der Waals surface area contributed by atoms with E-state index in [1.165, 1.54) is 18.4 Å². The Morgan fingerprint density at radius 2 is 1.79 bits per heavy atom. The summed E-state index contributed by atoms with van der Waals surface area (Å²) in [5, 5.41) is 0. The predicted molar refractivity (Wildman–Crippen MR) is 131 cm³/mol. The lowest BCUT2D eigenvalue weighted by Crippen LogP contribution is -2.51. The lowest BCUT2D eigenvalue weighted by Gasteiger charge is -2.57. The summed E-state index contributed by atoms with van der Waals surface area (Å²) in [6.07, 6.45) is 12.6. The van der Waals surface area contributed by atoms with E-state index in [4.69, 9.17) is 9.47 Å². The quantitative estimate of drug-likeness (QED) is 0.311. The third kappa shape index (κ3) is 4.99. The summed E-state index contributed by atoms with van der Waals surface area (Å²) in [5.41, 5.74) is 1.67. The van der Waals surface area contributed by atoms with Gasteiger partial charge in [0.05, 0.1) is 6.61 Å². The minimum Gasteiger partial charge on any atom is -0.466 e. The molecule has 0 amide bonds. The molecule has 190 valence electrons. The highest BCUT2D eigenvalue weighted by Crippen LogP contribution is 2.65. The minimum atomic E-state index is -0.155. The maximum absolute atomic E-state index is 12.6. The van der Waals surface area contributed by atoms with Crippen LogP contribution in [0.4, 0.5) is 0 Å². The maximum atomic E-state index is 12.6. The van der Waals surface area contributed by atoms with Crippen LogP contribution in [0, 0.1) is 34.5 Å². The van der Waals surface area contributed by atoms with Gasteiger partial charge >= 0.3 is 11.9 Å². The van der Waals surface area contributed by atoms with Crippen molar-refractivity contribution in [3.8, 4) is 0 Å². The highest BCUT2D eigenvalue weighted by atomic mass is 16.5. The fraction of sp³-hybridized carbons (Fsp3) is 0.828. The predicted octanol–water partition coefficient (Wildman–Crippen LogP) is 6.19. The molecule has 3 fully saturated rings. The van der Waals surface area contributed by atoms with Gasteiger partial charge in [0.15, 0.2) is 5.78 Å². The second kappa shape index (κ2) is 10.1. The van der Waals surface area contributed by atoms with Crippen molar-refractivity contribution in [1.82, 2.24) is 0 Å². The van der Waals surface area contributed by atoms with E-state index in [2.05, 4.69) is 13.8 Å². The van der Waals surface area contributed by atoms with Crippen LogP contribution in [-0.2, 0) is 23.9 Å². The molecular formula is C29H44O5. The van der Waals surface area contributed by atoms with E-state index < -0.39 is 0 Å². The molecule has 0 aromatic rings. The fourth-order valence-corrected chi connectivity index (χ4v) is 7.87. The molecule has 5 nitrogen and oxygen atoms in total. The largest absolute Gasteiger partial charge is 0.466 e. The molecule has 0 heterocycles. The Labute approximate surface area is 205 Å². The lowest BCUT2D eigenvalue weighted by atomic mass is 9.47. The number of hydrogen-bond donors (Lipinski definition) is 0. The van der Waals surface area contributed by atoms with Gasteiger partial charge in [-0.1, -0.05) is 33.3 Å². The fourth-order valence-electron chi connectivity index (χ4n) is 7.87. The van der Waals surface area contributed by atoms with Crippen LogP contribution in [0.2, 0.25) is 0 Å². The molecule has 6 atom stereocenters. The van der Waals surface area contributed by atoms with Gasteiger partial charge in [-0.3, -0.25) is 14.4 Å². The Bertz CT molecular complexity index is 828. The summed E-state index contributed by atoms with van der Waals surface area (Å²) in [7, 11) is 0. The molecule has 4 aliphatic carbocycles. The average molecular weight is 473 g/mol. The Morgan fingerprint density at radius 3 is 2.56 bits per heavy atom. The van der Waals surface area contributed by atoms with E-state index in [1.807, 2.05) is 19.9 Å². The number of ketones is 1. The smallest absolute Gasteiger partial charge is 0.306 e. The maximum Gasteiger partial charge on any atom is 0.306 e. The van der Waals surface area contributed by atoms with Crippen LogP contribution in [0.1, 0.15) is 105 Å². The number of allylic oxidation sites excluding steroid dienone is 1. The first-order valence-corrected chi connectivity index (χ1v) is 13.7. The van der Waals surface area contributed by atoms with E-state index in [9.17, 15) is 14.4 Å². The van der Waals surface area contributed by atoms with Gasteiger partial charge in [0.1, 0.15) is 6.10 Å². The van der Waals surface area contributed by atoms with Crippen molar-refractivity contribution in [3.05, 3.63) is 11.6 Å². The molecule has 0 aromatic carbocycles. The monoisotopic (exact) mass is 472 g/mol. The first-order valence-electron chi connectivity index (χ1n) is 13.7. The number of rotatable bonds is 8. The second-order valence-corrected chi connectivity index (χ2v) is 12.3. The molecule has 2 unspecified atom stereocenters. The Morgan fingerprint density at radius 1 is 1.00 bits per heavy atom. The number of unbranched alkanes of at least 4 members (excludes halogenated alkanes) is 1. The minimum absolute atomic E-state index is 0.0208. The van der Waals surface area contributed by atoms with E-state index in [-0.39, 0.29) is 28.9 Å². The Balaban J connectivity index is 1.28. The summed E-state index contributed by atoms with van der Waals surface area (Å²) < 4.78 is 11.3. The highest BCUT2D eigenvalue weighted by molar-refractivity contribution is 5.91. The molecule has 0 aliphatic heterocycles. The molecule has 34 heavy (non-hydrogen) atoms. The van der Waals surface area contributed by atoms with Crippen LogP contribution < -0.4 is 0 Å². The first-order chi connectivity index (χ1) is 16.1. The van der Waals surface area contributed by atoms with Gasteiger partial charge in [-0.05, 0) is 93.0 Å². The van der Waals surface area contributed by atoms with Crippen molar-refractivity contribution in [1.29, 1.82) is 0 Å². The highest BCUT2D eigenvalue weighted by Gasteiger charge is 2.59. The third-order valence-electron chi connectivity index (χ3n) is 9.76. The second-order valence-electron chi connectivity index (χ2n) is 12.3. The standard InChI is InChI=1S/C29H44O5/c1-19(2)17-27(32)33-16-6-5-7-26(31)34-25-11-10-23-22-9-8-20-18-21(30)12-14-28(20,3)24(22)13-15-29(23,25)4/h18-19,22-25H,5-17H2,1-4H3/t22-,23?,24?,25-,28-,29-/m0/s1. The molecule has 0 N–H and O–H groups in total. The van der Waals surface area contributed by atoms with Crippen LogP contribution in [0.5, 0.6) is 0 Å². The first kappa shape index (κ1) is 25.4. The van der Waals surface area contributed by atoms with Gasteiger partial charge in [-0.25, -0.2) is 0 Å². The third-order valence-corrected chi connectivity index (χ3v) is 9.76. The van der Waals surface area contributed by atoms with Crippen LogP contribution >= 0.6 is 0 Å². The molecule has 0 spiro atoms. The van der Waals surface area contributed by atoms with Crippen LogP contribution in [0.3, 0.4) is 0 Å². The molecule has 0 aromatic heterocycles. The molecule has 5 heteroatoms. The van der Waals surface area contributed by atoms with Gasteiger partial charge in [0.2, 0.25) is 0 Å². The summed E-state index contributed by atoms with van der Waals surface area (Å²) in [6, 6.07) is 0. The molecule has 4 rings (SSSR count). The normalized spacial score (nSPS) is 36.9. The summed E-state index contributed by atoms with van der Waals surface area (Å²) in [5.74, 6) is 2.31. The molecule has 0 radical (unpaired) electrons. The van der Waals surface area contributed by atoms with Crippen LogP contribution in [0.25, 0.3) is 0 Å². The molecule has 3 saturated carbocycles. The van der Waals surface area contributed by atoms with E-state index in [1.54, 1.807) is 0 Å². The van der Waals surface area contributed by atoms with Gasteiger partial charge in [0.25, 0.3) is 0 Å². The number of hydrogen-bond acceptors (Lipinski definition) is 5. The number of ether oxygens (including phenoxy) is 2. The van der Waals surface area contributed by atoms with Crippen molar-refractivity contribution in [2.24, 2.45) is 34.5 Å². The zero-order valence-corrected chi connectivity index (χ0v) is 21.7. The van der Waals surface area contributed by atoms with E-state index in [0.717, 1.165) is 32.1 Å². The molecule has 0 saturated heterocycles. The average Bonchev–Trinajstić information content (AvgIpc) is 3.09. The number of carbonyl (C=O) groups is 3. The van der Waals surface area contributed by atoms with Gasteiger partial charge in [-0.2, -0.15) is 0 Å². The Kier molecular flexibility index (Phi) is 7.59. The zero-order chi connectivity index (χ0) is 24.5. The van der Waals surface area contributed by atoms with Gasteiger partial charge in [0, 0.05) is 24.7 Å². The number of esters is 2. The van der Waals surface area contributed by atoms with Crippen molar-refractivity contribution < 1.29 is 23.9 Å². The molecular weight excluding hydrogens is 428 g/mol. The van der Waals surface area contributed by atoms with Crippen molar-refractivity contribution in [3.63, 3.8) is 0 Å². The summed E-state index contributed by atoms with van der Waals surface area (Å²) >= 11 is 0. The van der Waals surface area contributed by atoms with Crippen molar-refractivity contribution >= 4 is 17.7 Å². The molecule has 0 bridgehead atoms. The van der Waals surface area contributed by atoms with Crippen molar-refractivity contribution in [2.45, 2.75) is 111 Å². The van der Waals surface area contributed by atoms with Crippen LogP contribution in [-0.4, -0.2) is 30.4 Å². The van der Waals surface area contributed by atoms with Crippen molar-refractivity contribution in [2.75, 3.05) is 6.61 Å². The van der Waals surface area contributed by atoms with E-state index in [0.29, 0.717) is 68.2 Å². The summed E-state index contributed by atoms with van der Waals surface area (Å²) in [6.45, 7) is 9.16. The number of fused-ring (bicyclic) bond motifs is 5. The Hall–Kier alpha value is -1.65. The lowest BCUT2D eigenvalue weighted by molar-refractivity contribution is -0.160. The van der Waals surface area contributed by atoms with Gasteiger partial charge in [-0.15, -0.1) is 0 Å². The summed E-state index contributed by atoms with van der Waals surface area (Å²) in [4.78, 5) is 36.3. The molecule has 4 aliphatic rings.